The Balaban J connectivity index is 1.94. The number of nitrogens with zero attached hydrogens (tertiary/aromatic N) is 2. The minimum absolute atomic E-state index is 0.0511. The Kier molecular flexibility index (Phi) is 5.52. The molecule has 1 amide bonds. The number of hydrogen-bond acceptors (Lipinski definition) is 5. The maximum absolute atomic E-state index is 12.2. The molecule has 1 aliphatic rings. The van der Waals surface area contributed by atoms with Crippen LogP contribution in [0, 0.1) is 6.92 Å². The third kappa shape index (κ3) is 4.41. The van der Waals surface area contributed by atoms with Crippen molar-refractivity contribution >= 4 is 5.91 Å². The van der Waals surface area contributed by atoms with Gasteiger partial charge in [-0.05, 0) is 25.5 Å². The summed E-state index contributed by atoms with van der Waals surface area (Å²) in [6.07, 6.45) is 0.116. The molecule has 0 saturated carbocycles. The van der Waals surface area contributed by atoms with Crippen molar-refractivity contribution in [3.05, 3.63) is 23.5 Å². The fourth-order valence-corrected chi connectivity index (χ4v) is 2.23. The molecule has 1 fully saturated rings. The van der Waals surface area contributed by atoms with E-state index in [-0.39, 0.29) is 25.7 Å². The molecule has 1 aromatic heterocycles. The maximum atomic E-state index is 12.2. The van der Waals surface area contributed by atoms with Crippen molar-refractivity contribution in [1.29, 1.82) is 0 Å². The van der Waals surface area contributed by atoms with E-state index in [1.165, 1.54) is 0 Å². The zero-order valence-electron chi connectivity index (χ0n) is 12.5. The van der Waals surface area contributed by atoms with Crippen LogP contribution < -0.4 is 4.74 Å². The molecule has 1 N–H and O–H groups in total. The summed E-state index contributed by atoms with van der Waals surface area (Å²) >= 11 is 0. The van der Waals surface area contributed by atoms with Crippen LogP contribution >= 0.6 is 0 Å². The second-order valence-electron chi connectivity index (χ2n) is 5.11. The van der Waals surface area contributed by atoms with Gasteiger partial charge in [-0.1, -0.05) is 6.92 Å². The van der Waals surface area contributed by atoms with E-state index < -0.39 is 6.10 Å². The Morgan fingerprint density at radius 2 is 2.38 bits per heavy atom. The van der Waals surface area contributed by atoms with E-state index >= 15 is 0 Å². The van der Waals surface area contributed by atoms with Crippen molar-refractivity contribution in [2.45, 2.75) is 26.4 Å². The zero-order valence-corrected chi connectivity index (χ0v) is 12.5. The van der Waals surface area contributed by atoms with Gasteiger partial charge in [-0.15, -0.1) is 0 Å². The van der Waals surface area contributed by atoms with Gasteiger partial charge in [0.15, 0.2) is 6.61 Å². The first kappa shape index (κ1) is 15.7. The maximum Gasteiger partial charge on any atom is 0.260 e. The number of aliphatic hydroxyl groups excluding tert-OH is 1. The van der Waals surface area contributed by atoms with E-state index in [4.69, 9.17) is 9.47 Å². The van der Waals surface area contributed by atoms with Gasteiger partial charge in [-0.25, -0.2) is 0 Å². The normalized spacial score (nSPS) is 19.2. The summed E-state index contributed by atoms with van der Waals surface area (Å²) in [6.45, 7) is 5.35. The monoisotopic (exact) mass is 294 g/mol. The number of carbonyl (C=O) groups excluding carboxylic acids is 1. The molecule has 0 radical (unpaired) electrons. The Morgan fingerprint density at radius 1 is 1.57 bits per heavy atom. The van der Waals surface area contributed by atoms with Gasteiger partial charge in [0.25, 0.3) is 5.91 Å². The average molecular weight is 294 g/mol. The lowest BCUT2D eigenvalue weighted by Gasteiger charge is -2.21. The minimum Gasteiger partial charge on any atom is -0.482 e. The Bertz CT molecular complexity index is 493. The van der Waals surface area contributed by atoms with Crippen LogP contribution in [0.15, 0.2) is 12.1 Å². The predicted octanol–water partition coefficient (Wildman–Crippen LogP) is 0.551. The second kappa shape index (κ2) is 7.38. The molecule has 21 heavy (non-hydrogen) atoms. The number of aliphatic hydroxyl groups is 1. The number of carbonyl (C=O) groups is 1. The van der Waals surface area contributed by atoms with Gasteiger partial charge in [-0.3, -0.25) is 9.78 Å². The molecule has 0 aromatic carbocycles. The topological polar surface area (TPSA) is 71.9 Å². The van der Waals surface area contributed by atoms with E-state index in [9.17, 15) is 9.90 Å². The van der Waals surface area contributed by atoms with Crippen LogP contribution in [0.2, 0.25) is 0 Å². The molecule has 1 aromatic rings. The molecular weight excluding hydrogens is 272 g/mol. The van der Waals surface area contributed by atoms with E-state index in [1.807, 2.05) is 26.0 Å². The number of ether oxygens (including phenoxy) is 2. The molecule has 0 aliphatic carbocycles. The van der Waals surface area contributed by atoms with Crippen molar-refractivity contribution in [3.63, 3.8) is 0 Å². The molecule has 1 aliphatic heterocycles. The fraction of sp³-hybridized carbons (Fsp3) is 0.600. The number of pyridine rings is 1. The number of aromatic nitrogens is 1. The van der Waals surface area contributed by atoms with E-state index in [0.29, 0.717) is 18.9 Å². The quantitative estimate of drug-likeness (QED) is 0.878. The van der Waals surface area contributed by atoms with Crippen LogP contribution in [-0.4, -0.2) is 59.9 Å². The minimum atomic E-state index is -0.635. The molecule has 116 valence electrons. The Labute approximate surface area is 124 Å². The van der Waals surface area contributed by atoms with Gasteiger partial charge in [0.1, 0.15) is 5.75 Å². The lowest BCUT2D eigenvalue weighted by atomic mass is 10.2. The van der Waals surface area contributed by atoms with Crippen molar-refractivity contribution in [2.24, 2.45) is 0 Å². The highest BCUT2D eigenvalue weighted by Gasteiger charge is 2.21. The Morgan fingerprint density at radius 3 is 3.14 bits per heavy atom. The first-order valence-electron chi connectivity index (χ1n) is 7.23. The van der Waals surface area contributed by atoms with Crippen LogP contribution in [0.4, 0.5) is 0 Å². The fourth-order valence-electron chi connectivity index (χ4n) is 2.23. The standard InChI is InChI=1S/C15H22N2O4/c1-3-13-14(5-4-11(2)16-13)21-10-15(19)17-6-7-20-9-12(18)8-17/h4-5,12,18H,3,6-10H2,1-2H3. The van der Waals surface area contributed by atoms with Crippen LogP contribution in [0.25, 0.3) is 0 Å². The first-order chi connectivity index (χ1) is 10.1. The summed E-state index contributed by atoms with van der Waals surface area (Å²) in [5.41, 5.74) is 1.78. The summed E-state index contributed by atoms with van der Waals surface area (Å²) < 4.78 is 10.8. The SMILES string of the molecule is CCc1nc(C)ccc1OCC(=O)N1CCOCC(O)C1. The molecule has 6 heteroatoms. The molecule has 6 nitrogen and oxygen atoms in total. The number of amides is 1. The van der Waals surface area contributed by atoms with E-state index in [2.05, 4.69) is 4.98 Å². The van der Waals surface area contributed by atoms with Crippen LogP contribution in [0.5, 0.6) is 5.75 Å². The summed E-state index contributed by atoms with van der Waals surface area (Å²) in [6, 6.07) is 3.71. The molecule has 1 saturated heterocycles. The molecule has 1 atom stereocenters. The van der Waals surface area contributed by atoms with Gasteiger partial charge in [0.2, 0.25) is 0 Å². The number of aryl methyl sites for hydroxylation is 2. The average Bonchev–Trinajstić information content (AvgIpc) is 2.70. The van der Waals surface area contributed by atoms with Crippen molar-refractivity contribution < 1.29 is 19.4 Å². The third-order valence-electron chi connectivity index (χ3n) is 3.36. The largest absolute Gasteiger partial charge is 0.482 e. The highest BCUT2D eigenvalue weighted by atomic mass is 16.5. The van der Waals surface area contributed by atoms with Crippen LogP contribution in [0.3, 0.4) is 0 Å². The highest BCUT2D eigenvalue weighted by molar-refractivity contribution is 5.77. The molecule has 2 rings (SSSR count). The van der Waals surface area contributed by atoms with E-state index in [0.717, 1.165) is 17.8 Å². The van der Waals surface area contributed by atoms with Gasteiger partial charge in [0, 0.05) is 18.8 Å². The van der Waals surface area contributed by atoms with Gasteiger partial charge < -0.3 is 19.5 Å². The van der Waals surface area contributed by atoms with Crippen LogP contribution in [0.1, 0.15) is 18.3 Å². The third-order valence-corrected chi connectivity index (χ3v) is 3.36. The number of hydrogen-bond donors (Lipinski definition) is 1. The number of β-amino-alcohol motifs (C(OH)–C–C–N with tert-alkyl or cyclic N) is 1. The van der Waals surface area contributed by atoms with Gasteiger partial charge >= 0.3 is 0 Å². The molecule has 0 bridgehead atoms. The molecular formula is C15H22N2O4. The number of rotatable bonds is 4. The van der Waals surface area contributed by atoms with Crippen molar-refractivity contribution in [2.75, 3.05) is 32.9 Å². The second-order valence-corrected chi connectivity index (χ2v) is 5.11. The predicted molar refractivity (Wildman–Crippen MR) is 77.3 cm³/mol. The lowest BCUT2D eigenvalue weighted by molar-refractivity contribution is -0.134. The summed E-state index contributed by atoms with van der Waals surface area (Å²) in [4.78, 5) is 18.1. The van der Waals surface area contributed by atoms with Crippen molar-refractivity contribution in [1.82, 2.24) is 9.88 Å². The Hall–Kier alpha value is -1.66. The van der Waals surface area contributed by atoms with Crippen LogP contribution in [-0.2, 0) is 16.0 Å². The van der Waals surface area contributed by atoms with E-state index in [1.54, 1.807) is 4.90 Å². The van der Waals surface area contributed by atoms with Crippen molar-refractivity contribution in [3.8, 4) is 5.75 Å². The summed E-state index contributed by atoms with van der Waals surface area (Å²) in [7, 11) is 0. The molecule has 2 heterocycles. The van der Waals surface area contributed by atoms with Gasteiger partial charge in [0.05, 0.1) is 25.0 Å². The molecule has 1 unspecified atom stereocenters. The molecule has 0 spiro atoms. The smallest absolute Gasteiger partial charge is 0.260 e. The summed E-state index contributed by atoms with van der Waals surface area (Å²) in [5.74, 6) is 0.491. The lowest BCUT2D eigenvalue weighted by Crippen LogP contribution is -2.40. The van der Waals surface area contributed by atoms with Gasteiger partial charge in [-0.2, -0.15) is 0 Å². The zero-order chi connectivity index (χ0) is 15.2. The highest BCUT2D eigenvalue weighted by Crippen LogP contribution is 2.17. The summed E-state index contributed by atoms with van der Waals surface area (Å²) in [5, 5.41) is 9.64. The first-order valence-corrected chi connectivity index (χ1v) is 7.23.